The average Bonchev–Trinajstić information content (AvgIpc) is 2.67. The highest BCUT2D eigenvalue weighted by Crippen LogP contribution is 2.24. The molecule has 0 amide bonds. The van der Waals surface area contributed by atoms with E-state index in [9.17, 15) is 4.79 Å². The number of carbonyl (C=O) groups is 1. The fourth-order valence-corrected chi connectivity index (χ4v) is 3.49. The molecule has 18 heavy (non-hydrogen) atoms. The number of carbonyl (C=O) groups excluding carboxylic acids is 1. The van der Waals surface area contributed by atoms with Gasteiger partial charge in [0.25, 0.3) is 0 Å². The van der Waals surface area contributed by atoms with Crippen LogP contribution in [-0.2, 0) is 0 Å². The van der Waals surface area contributed by atoms with Crippen molar-refractivity contribution >= 4 is 28.9 Å². The second-order valence-corrected chi connectivity index (χ2v) is 6.86. The largest absolute Gasteiger partial charge is 0.293 e. The molecule has 0 aliphatic carbocycles. The van der Waals surface area contributed by atoms with Crippen LogP contribution >= 0.6 is 23.1 Å². The standard InChI is InChI=1S/C15H16OS2/c1-10-4-6-13(7-5-10)17-9-15(16)14-8-11(2)18-12(14)3/h4-8H,9H2,1-3H3. The van der Waals surface area contributed by atoms with E-state index < -0.39 is 0 Å². The topological polar surface area (TPSA) is 17.1 Å². The number of hydrogen-bond donors (Lipinski definition) is 0. The Morgan fingerprint density at radius 1 is 1.17 bits per heavy atom. The van der Waals surface area contributed by atoms with Crippen LogP contribution in [0.1, 0.15) is 25.7 Å². The predicted octanol–water partition coefficient (Wildman–Crippen LogP) is 4.65. The SMILES string of the molecule is Cc1ccc(SCC(=O)c2cc(C)sc2C)cc1. The fraction of sp³-hybridized carbons (Fsp3) is 0.267. The lowest BCUT2D eigenvalue weighted by atomic mass is 10.2. The number of thiophene rings is 1. The summed E-state index contributed by atoms with van der Waals surface area (Å²) in [6.45, 7) is 6.13. The summed E-state index contributed by atoms with van der Waals surface area (Å²) in [5.41, 5.74) is 2.13. The van der Waals surface area contributed by atoms with E-state index in [0.29, 0.717) is 5.75 Å². The van der Waals surface area contributed by atoms with Crippen LogP contribution in [0.15, 0.2) is 35.2 Å². The normalized spacial score (nSPS) is 10.6. The van der Waals surface area contributed by atoms with Gasteiger partial charge in [0.05, 0.1) is 5.75 Å². The molecule has 1 aromatic heterocycles. The van der Waals surface area contributed by atoms with Gasteiger partial charge < -0.3 is 0 Å². The third kappa shape index (κ3) is 3.24. The van der Waals surface area contributed by atoms with Gasteiger partial charge in [0.1, 0.15) is 0 Å². The van der Waals surface area contributed by atoms with E-state index in [1.165, 1.54) is 10.4 Å². The van der Waals surface area contributed by atoms with Gasteiger partial charge in [0.2, 0.25) is 0 Å². The first-order valence-corrected chi connectivity index (χ1v) is 7.66. The first kappa shape index (κ1) is 13.4. The Balaban J connectivity index is 2.00. The summed E-state index contributed by atoms with van der Waals surface area (Å²) in [4.78, 5) is 15.6. The summed E-state index contributed by atoms with van der Waals surface area (Å²) in [5.74, 6) is 0.738. The third-order valence-electron chi connectivity index (χ3n) is 2.73. The smallest absolute Gasteiger partial charge is 0.174 e. The van der Waals surface area contributed by atoms with E-state index in [0.717, 1.165) is 15.3 Å². The fourth-order valence-electron chi connectivity index (χ4n) is 1.77. The molecule has 0 atom stereocenters. The van der Waals surface area contributed by atoms with Gasteiger partial charge in [-0.1, -0.05) is 17.7 Å². The minimum absolute atomic E-state index is 0.224. The first-order valence-electron chi connectivity index (χ1n) is 5.86. The third-order valence-corrected chi connectivity index (χ3v) is 4.71. The lowest BCUT2D eigenvalue weighted by Crippen LogP contribution is -2.02. The van der Waals surface area contributed by atoms with E-state index >= 15 is 0 Å². The molecule has 0 N–H and O–H groups in total. The van der Waals surface area contributed by atoms with Crippen LogP contribution in [0.4, 0.5) is 0 Å². The highest BCUT2D eigenvalue weighted by molar-refractivity contribution is 8.00. The van der Waals surface area contributed by atoms with Gasteiger partial charge in [0, 0.05) is 20.2 Å². The maximum Gasteiger partial charge on any atom is 0.174 e. The molecule has 0 aliphatic rings. The van der Waals surface area contributed by atoms with Crippen LogP contribution in [0.5, 0.6) is 0 Å². The van der Waals surface area contributed by atoms with Crippen molar-refractivity contribution in [2.45, 2.75) is 25.7 Å². The maximum absolute atomic E-state index is 12.1. The Bertz CT molecular complexity index is 552. The average molecular weight is 276 g/mol. The van der Waals surface area contributed by atoms with E-state index in [-0.39, 0.29) is 5.78 Å². The maximum atomic E-state index is 12.1. The zero-order chi connectivity index (χ0) is 13.1. The molecule has 0 unspecified atom stereocenters. The van der Waals surface area contributed by atoms with Gasteiger partial charge in [-0.25, -0.2) is 0 Å². The van der Waals surface area contributed by atoms with Crippen molar-refractivity contribution in [3.05, 3.63) is 51.2 Å². The molecule has 2 aromatic rings. The molecule has 2 rings (SSSR count). The molecule has 0 aliphatic heterocycles. The van der Waals surface area contributed by atoms with E-state index in [2.05, 4.69) is 31.2 Å². The second-order valence-electron chi connectivity index (χ2n) is 4.35. The Labute approximate surface area is 116 Å². The van der Waals surface area contributed by atoms with Gasteiger partial charge in [-0.05, 0) is 39.0 Å². The number of thioether (sulfide) groups is 1. The number of rotatable bonds is 4. The van der Waals surface area contributed by atoms with Gasteiger partial charge in [0.15, 0.2) is 5.78 Å². The van der Waals surface area contributed by atoms with Crippen LogP contribution in [0.25, 0.3) is 0 Å². The molecule has 0 bridgehead atoms. The summed E-state index contributed by atoms with van der Waals surface area (Å²) in [7, 11) is 0. The van der Waals surface area contributed by atoms with Crippen LogP contribution < -0.4 is 0 Å². The Kier molecular flexibility index (Phi) is 4.25. The van der Waals surface area contributed by atoms with Crippen LogP contribution in [0, 0.1) is 20.8 Å². The van der Waals surface area contributed by atoms with Crippen LogP contribution in [-0.4, -0.2) is 11.5 Å². The molecular weight excluding hydrogens is 260 g/mol. The number of hydrogen-bond acceptors (Lipinski definition) is 3. The molecular formula is C15H16OS2. The first-order chi connectivity index (χ1) is 8.56. The quantitative estimate of drug-likeness (QED) is 0.597. The number of benzene rings is 1. The molecule has 0 spiro atoms. The molecule has 1 aromatic carbocycles. The molecule has 1 nitrogen and oxygen atoms in total. The summed E-state index contributed by atoms with van der Waals surface area (Å²) in [5, 5.41) is 0. The molecule has 0 saturated carbocycles. The van der Waals surface area contributed by atoms with Gasteiger partial charge in [-0.15, -0.1) is 23.1 Å². The van der Waals surface area contributed by atoms with E-state index in [4.69, 9.17) is 0 Å². The molecule has 0 saturated heterocycles. The van der Waals surface area contributed by atoms with Crippen LogP contribution in [0.3, 0.4) is 0 Å². The summed E-state index contributed by atoms with van der Waals surface area (Å²) < 4.78 is 0. The number of aryl methyl sites for hydroxylation is 3. The Hall–Kier alpha value is -1.06. The Morgan fingerprint density at radius 3 is 2.39 bits per heavy atom. The zero-order valence-electron chi connectivity index (χ0n) is 10.8. The number of Topliss-reactive ketones (excluding diaryl/α,β-unsaturated/α-hetero) is 1. The Morgan fingerprint density at radius 2 is 1.83 bits per heavy atom. The minimum atomic E-state index is 0.224. The van der Waals surface area contributed by atoms with Crippen molar-refractivity contribution in [3.8, 4) is 0 Å². The predicted molar refractivity (Wildman–Crippen MR) is 80.0 cm³/mol. The molecule has 3 heteroatoms. The lowest BCUT2D eigenvalue weighted by Gasteiger charge is -2.01. The highest BCUT2D eigenvalue weighted by Gasteiger charge is 2.12. The monoisotopic (exact) mass is 276 g/mol. The van der Waals surface area contributed by atoms with Crippen LogP contribution in [0.2, 0.25) is 0 Å². The van der Waals surface area contributed by atoms with Gasteiger partial charge >= 0.3 is 0 Å². The van der Waals surface area contributed by atoms with Gasteiger partial charge in [-0.3, -0.25) is 4.79 Å². The summed E-state index contributed by atoms with van der Waals surface area (Å²) in [6.07, 6.45) is 0. The van der Waals surface area contributed by atoms with Crippen molar-refractivity contribution in [2.24, 2.45) is 0 Å². The van der Waals surface area contributed by atoms with Crippen molar-refractivity contribution in [1.29, 1.82) is 0 Å². The van der Waals surface area contributed by atoms with Crippen molar-refractivity contribution < 1.29 is 4.79 Å². The van der Waals surface area contributed by atoms with E-state index in [1.54, 1.807) is 23.1 Å². The minimum Gasteiger partial charge on any atom is -0.293 e. The zero-order valence-corrected chi connectivity index (χ0v) is 12.5. The second kappa shape index (κ2) is 5.72. The summed E-state index contributed by atoms with van der Waals surface area (Å²) >= 11 is 3.30. The molecule has 1 heterocycles. The summed E-state index contributed by atoms with van der Waals surface area (Å²) in [6, 6.07) is 10.3. The van der Waals surface area contributed by atoms with Gasteiger partial charge in [-0.2, -0.15) is 0 Å². The van der Waals surface area contributed by atoms with Crippen molar-refractivity contribution in [3.63, 3.8) is 0 Å². The molecule has 94 valence electrons. The molecule has 0 radical (unpaired) electrons. The lowest BCUT2D eigenvalue weighted by molar-refractivity contribution is 0.102. The van der Waals surface area contributed by atoms with Crippen molar-refractivity contribution in [1.82, 2.24) is 0 Å². The molecule has 0 fully saturated rings. The van der Waals surface area contributed by atoms with E-state index in [1.807, 2.05) is 19.9 Å². The number of ketones is 1. The highest BCUT2D eigenvalue weighted by atomic mass is 32.2. The van der Waals surface area contributed by atoms with Crippen molar-refractivity contribution in [2.75, 3.05) is 5.75 Å².